The van der Waals surface area contributed by atoms with Crippen molar-refractivity contribution in [2.75, 3.05) is 17.7 Å². The van der Waals surface area contributed by atoms with Crippen LogP contribution in [0.4, 0.5) is 11.4 Å². The van der Waals surface area contributed by atoms with Gasteiger partial charge in [-0.25, -0.2) is 0 Å². The van der Waals surface area contributed by atoms with Gasteiger partial charge in [0.05, 0.1) is 19.7 Å². The Balaban J connectivity index is 1.97. The number of para-hydroxylation sites is 1. The average molecular weight is 435 g/mol. The fourth-order valence-corrected chi connectivity index (χ4v) is 2.92. The Morgan fingerprint density at radius 1 is 1.24 bits per heavy atom. The summed E-state index contributed by atoms with van der Waals surface area (Å²) in [5.74, 6) is 0.280. The largest absolute Gasteiger partial charge is 0.481 e. The molecule has 7 heteroatoms. The van der Waals surface area contributed by atoms with Crippen LogP contribution in [0.2, 0.25) is 5.02 Å². The van der Waals surface area contributed by atoms with Crippen LogP contribution < -0.4 is 15.8 Å². The molecule has 0 atom stereocenters. The monoisotopic (exact) mass is 432 g/mol. The molecule has 21 heavy (non-hydrogen) atoms. The van der Waals surface area contributed by atoms with Crippen LogP contribution in [0, 0.1) is 0 Å². The first-order chi connectivity index (χ1) is 9.97. The molecule has 3 N–H and O–H groups in total. The lowest BCUT2D eigenvalue weighted by atomic mass is 10.3. The van der Waals surface area contributed by atoms with E-state index < -0.39 is 0 Å². The maximum atomic E-state index is 11.9. The zero-order chi connectivity index (χ0) is 15.4. The normalized spacial score (nSPS) is 10.2. The van der Waals surface area contributed by atoms with Crippen molar-refractivity contribution < 1.29 is 9.53 Å². The average Bonchev–Trinajstić information content (AvgIpc) is 2.42. The molecule has 0 saturated heterocycles. The molecule has 2 aromatic carbocycles. The molecule has 1 amide bonds. The van der Waals surface area contributed by atoms with Gasteiger partial charge < -0.3 is 15.8 Å². The highest BCUT2D eigenvalue weighted by molar-refractivity contribution is 9.11. The zero-order valence-corrected chi connectivity index (χ0v) is 14.6. The number of anilines is 2. The van der Waals surface area contributed by atoms with Crippen LogP contribution in [0.15, 0.2) is 45.3 Å². The van der Waals surface area contributed by atoms with Crippen LogP contribution in [0.3, 0.4) is 0 Å². The number of hydrogen-bond acceptors (Lipinski definition) is 3. The molecule has 0 radical (unpaired) electrons. The Bertz CT molecular complexity index is 660. The molecule has 0 unspecified atom stereocenters. The van der Waals surface area contributed by atoms with Crippen LogP contribution in [-0.4, -0.2) is 12.5 Å². The van der Waals surface area contributed by atoms with Crippen LogP contribution >= 0.6 is 43.5 Å². The standard InChI is InChI=1S/C14H11Br2ClN2O2/c15-9-2-1-3-10(16)14(9)21-7-13(20)19-8-4-5-11(17)12(18)6-8/h1-6H,7,18H2,(H,19,20). The first kappa shape index (κ1) is 16.1. The van der Waals surface area contributed by atoms with Gasteiger partial charge in [0.2, 0.25) is 0 Å². The summed E-state index contributed by atoms with van der Waals surface area (Å²) in [5, 5.41) is 3.13. The maximum Gasteiger partial charge on any atom is 0.262 e. The summed E-state index contributed by atoms with van der Waals surface area (Å²) >= 11 is 12.5. The third kappa shape index (κ3) is 4.36. The van der Waals surface area contributed by atoms with Gasteiger partial charge in [-0.15, -0.1) is 0 Å². The van der Waals surface area contributed by atoms with Crippen molar-refractivity contribution in [3.63, 3.8) is 0 Å². The molecule has 0 fully saturated rings. The lowest BCUT2D eigenvalue weighted by Gasteiger charge is -2.11. The van der Waals surface area contributed by atoms with Gasteiger partial charge in [0, 0.05) is 5.69 Å². The Labute approximate surface area is 143 Å². The summed E-state index contributed by atoms with van der Waals surface area (Å²) in [5.41, 5.74) is 6.65. The zero-order valence-electron chi connectivity index (χ0n) is 10.7. The van der Waals surface area contributed by atoms with E-state index in [1.165, 1.54) is 0 Å². The lowest BCUT2D eigenvalue weighted by molar-refractivity contribution is -0.118. The van der Waals surface area contributed by atoms with Crippen molar-refractivity contribution in [2.24, 2.45) is 0 Å². The van der Waals surface area contributed by atoms with Gasteiger partial charge in [-0.2, -0.15) is 0 Å². The van der Waals surface area contributed by atoms with Gasteiger partial charge in [0.25, 0.3) is 5.91 Å². The molecule has 0 bridgehead atoms. The molecule has 0 saturated carbocycles. The molecule has 110 valence electrons. The molecular formula is C14H11Br2ClN2O2. The van der Waals surface area contributed by atoms with Gasteiger partial charge >= 0.3 is 0 Å². The second kappa shape index (κ2) is 7.15. The van der Waals surface area contributed by atoms with Crippen molar-refractivity contribution >= 4 is 60.7 Å². The van der Waals surface area contributed by atoms with Crippen LogP contribution in [0.25, 0.3) is 0 Å². The van der Waals surface area contributed by atoms with Crippen molar-refractivity contribution in [1.82, 2.24) is 0 Å². The smallest absolute Gasteiger partial charge is 0.262 e. The summed E-state index contributed by atoms with van der Waals surface area (Å²) in [7, 11) is 0. The fourth-order valence-electron chi connectivity index (χ4n) is 1.58. The minimum Gasteiger partial charge on any atom is -0.481 e. The van der Waals surface area contributed by atoms with Gasteiger partial charge in [-0.05, 0) is 62.2 Å². The third-order valence-corrected chi connectivity index (χ3v) is 4.14. The van der Waals surface area contributed by atoms with Crippen molar-refractivity contribution in [3.8, 4) is 5.75 Å². The second-order valence-electron chi connectivity index (χ2n) is 4.12. The van der Waals surface area contributed by atoms with E-state index in [0.717, 1.165) is 8.95 Å². The summed E-state index contributed by atoms with van der Waals surface area (Å²) in [4.78, 5) is 11.9. The summed E-state index contributed by atoms with van der Waals surface area (Å²) in [6, 6.07) is 10.4. The minimum atomic E-state index is -0.292. The summed E-state index contributed by atoms with van der Waals surface area (Å²) < 4.78 is 7.02. The van der Waals surface area contributed by atoms with Gasteiger partial charge in [0.15, 0.2) is 6.61 Å². The van der Waals surface area contributed by atoms with E-state index in [2.05, 4.69) is 37.2 Å². The third-order valence-electron chi connectivity index (χ3n) is 2.55. The van der Waals surface area contributed by atoms with E-state index in [9.17, 15) is 4.79 Å². The quantitative estimate of drug-likeness (QED) is 0.698. The second-order valence-corrected chi connectivity index (χ2v) is 6.24. The van der Waals surface area contributed by atoms with E-state index >= 15 is 0 Å². The maximum absolute atomic E-state index is 11.9. The van der Waals surface area contributed by atoms with E-state index in [1.54, 1.807) is 18.2 Å². The number of carbonyl (C=O) groups is 1. The van der Waals surface area contributed by atoms with Crippen LogP contribution in [-0.2, 0) is 4.79 Å². The molecule has 2 rings (SSSR count). The van der Waals surface area contributed by atoms with Gasteiger partial charge in [0.1, 0.15) is 5.75 Å². The molecule has 0 heterocycles. The number of benzene rings is 2. The van der Waals surface area contributed by atoms with Gasteiger partial charge in [-0.1, -0.05) is 17.7 Å². The number of nitrogens with two attached hydrogens (primary N) is 1. The molecule has 0 aromatic heterocycles. The molecule has 2 aromatic rings. The highest BCUT2D eigenvalue weighted by Gasteiger charge is 2.09. The van der Waals surface area contributed by atoms with Crippen molar-refractivity contribution in [2.45, 2.75) is 0 Å². The first-order valence-electron chi connectivity index (χ1n) is 5.89. The minimum absolute atomic E-state index is 0.121. The predicted octanol–water partition coefficient (Wildman–Crippen LogP) is 4.46. The number of carbonyl (C=O) groups excluding carboxylic acids is 1. The van der Waals surface area contributed by atoms with Crippen molar-refractivity contribution in [3.05, 3.63) is 50.4 Å². The first-order valence-corrected chi connectivity index (χ1v) is 7.85. The Morgan fingerprint density at radius 2 is 1.90 bits per heavy atom. The number of ether oxygens (including phenoxy) is 1. The molecule has 0 aliphatic carbocycles. The Kier molecular flexibility index (Phi) is 5.50. The number of amides is 1. The van der Waals surface area contributed by atoms with Crippen LogP contribution in [0.1, 0.15) is 0 Å². The number of nitrogens with one attached hydrogen (secondary N) is 1. The number of rotatable bonds is 4. The number of halogens is 3. The predicted molar refractivity (Wildman–Crippen MR) is 91.8 cm³/mol. The Hall–Kier alpha value is -1.24. The molecule has 0 aliphatic heterocycles. The van der Waals surface area contributed by atoms with E-state index in [0.29, 0.717) is 22.1 Å². The highest BCUT2D eigenvalue weighted by atomic mass is 79.9. The summed E-state index contributed by atoms with van der Waals surface area (Å²) in [6.45, 7) is -0.121. The fraction of sp³-hybridized carbons (Fsp3) is 0.0714. The molecule has 0 aliphatic rings. The van der Waals surface area contributed by atoms with Crippen molar-refractivity contribution in [1.29, 1.82) is 0 Å². The molecular weight excluding hydrogens is 423 g/mol. The van der Waals surface area contributed by atoms with Crippen LogP contribution in [0.5, 0.6) is 5.75 Å². The van der Waals surface area contributed by atoms with Gasteiger partial charge in [-0.3, -0.25) is 4.79 Å². The lowest BCUT2D eigenvalue weighted by Crippen LogP contribution is -2.20. The van der Waals surface area contributed by atoms with E-state index in [4.69, 9.17) is 22.1 Å². The topological polar surface area (TPSA) is 64.3 Å². The Morgan fingerprint density at radius 3 is 2.52 bits per heavy atom. The number of nitrogen functional groups attached to an aromatic ring is 1. The molecule has 0 spiro atoms. The highest BCUT2D eigenvalue weighted by Crippen LogP contribution is 2.32. The number of hydrogen-bond donors (Lipinski definition) is 2. The molecule has 4 nitrogen and oxygen atoms in total. The van der Waals surface area contributed by atoms with E-state index in [1.807, 2.05) is 18.2 Å². The SMILES string of the molecule is Nc1cc(NC(=O)COc2c(Br)cccc2Br)ccc1Cl. The summed E-state index contributed by atoms with van der Waals surface area (Å²) in [6.07, 6.45) is 0. The van der Waals surface area contributed by atoms with E-state index in [-0.39, 0.29) is 12.5 Å².